The molecule has 94 valence electrons. The fraction of sp³-hybridized carbons (Fsp3) is 0.714. The molecular formula is C14H27NS. The zero-order valence-corrected chi connectivity index (χ0v) is 12.5. The van der Waals surface area contributed by atoms with E-state index in [9.17, 15) is 0 Å². The molecule has 0 aromatic rings. The lowest BCUT2D eigenvalue weighted by molar-refractivity contribution is 0.335. The van der Waals surface area contributed by atoms with Crippen LogP contribution in [-0.2, 0) is 0 Å². The Labute approximate surface area is 106 Å². The maximum Gasteiger partial charge on any atom is 0.0286 e. The normalized spacial score (nSPS) is 14.1. The minimum Gasteiger partial charge on any atom is -0.375 e. The minimum atomic E-state index is 0.549. The van der Waals surface area contributed by atoms with Gasteiger partial charge in [0.2, 0.25) is 0 Å². The van der Waals surface area contributed by atoms with Crippen LogP contribution in [0.3, 0.4) is 0 Å². The Morgan fingerprint density at radius 1 is 1.38 bits per heavy atom. The van der Waals surface area contributed by atoms with Crippen LogP contribution in [0.1, 0.15) is 40.5 Å². The third-order valence-electron chi connectivity index (χ3n) is 3.01. The summed E-state index contributed by atoms with van der Waals surface area (Å²) in [5.74, 6) is 0. The van der Waals surface area contributed by atoms with E-state index in [1.54, 1.807) is 0 Å². The summed E-state index contributed by atoms with van der Waals surface area (Å²) in [5, 5.41) is 0.558. The molecule has 2 heteroatoms. The molecule has 1 nitrogen and oxygen atoms in total. The summed E-state index contributed by atoms with van der Waals surface area (Å²) in [6.07, 6.45) is 6.65. The van der Waals surface area contributed by atoms with Crippen molar-refractivity contribution in [3.05, 3.63) is 23.9 Å². The second-order valence-corrected chi connectivity index (χ2v) is 5.44. The first-order valence-electron chi connectivity index (χ1n) is 6.12. The highest BCUT2D eigenvalue weighted by Gasteiger charge is 2.10. The number of rotatable bonds is 7. The number of hydrogen-bond acceptors (Lipinski definition) is 2. The second kappa shape index (κ2) is 7.83. The molecule has 0 N–H and O–H groups in total. The van der Waals surface area contributed by atoms with Gasteiger partial charge in [-0.15, -0.1) is 0 Å². The molecule has 0 saturated heterocycles. The molecule has 0 spiro atoms. The van der Waals surface area contributed by atoms with Gasteiger partial charge in [-0.05, 0) is 44.6 Å². The first-order valence-corrected chi connectivity index (χ1v) is 7.41. The highest BCUT2D eigenvalue weighted by atomic mass is 32.2. The van der Waals surface area contributed by atoms with Gasteiger partial charge in [0.1, 0.15) is 0 Å². The van der Waals surface area contributed by atoms with Gasteiger partial charge in [0, 0.05) is 24.0 Å². The summed E-state index contributed by atoms with van der Waals surface area (Å²) in [5.41, 5.74) is 2.63. The molecular weight excluding hydrogens is 214 g/mol. The molecule has 0 aliphatic carbocycles. The topological polar surface area (TPSA) is 3.24 Å². The van der Waals surface area contributed by atoms with E-state index in [-0.39, 0.29) is 0 Å². The van der Waals surface area contributed by atoms with Crippen LogP contribution in [0, 0.1) is 0 Å². The van der Waals surface area contributed by atoms with Crippen LogP contribution in [0.25, 0.3) is 0 Å². The van der Waals surface area contributed by atoms with Crippen molar-refractivity contribution < 1.29 is 0 Å². The lowest BCUT2D eigenvalue weighted by Crippen LogP contribution is -2.25. The Hall–Kier alpha value is -0.370. The number of nitrogens with zero attached hydrogens (tertiary/aromatic N) is 1. The summed E-state index contributed by atoms with van der Waals surface area (Å²) in [6.45, 7) is 13.1. The maximum absolute atomic E-state index is 4.20. The van der Waals surface area contributed by atoms with Gasteiger partial charge in [0.25, 0.3) is 0 Å². The molecule has 0 aliphatic heterocycles. The largest absolute Gasteiger partial charge is 0.375 e. The van der Waals surface area contributed by atoms with E-state index in [0.717, 1.165) is 12.8 Å². The standard InChI is InChI=1S/C14H27NS/c1-8-13(15(6)11(3)4)10-12(5)14(9-2)16-7/h10-11,14H,5,8-9H2,1-4,6-7H3/b13-10-/t14-/m1/s1. The van der Waals surface area contributed by atoms with Gasteiger partial charge in [-0.25, -0.2) is 0 Å². The average molecular weight is 241 g/mol. The predicted molar refractivity (Wildman–Crippen MR) is 78.0 cm³/mol. The first kappa shape index (κ1) is 15.6. The summed E-state index contributed by atoms with van der Waals surface area (Å²) in [6, 6.07) is 0.549. The smallest absolute Gasteiger partial charge is 0.0286 e. The number of allylic oxidation sites excluding steroid dienone is 2. The Morgan fingerprint density at radius 2 is 1.94 bits per heavy atom. The molecule has 0 heterocycles. The molecule has 0 amide bonds. The van der Waals surface area contributed by atoms with Gasteiger partial charge in [-0.3, -0.25) is 0 Å². The van der Waals surface area contributed by atoms with Crippen LogP contribution >= 0.6 is 11.8 Å². The van der Waals surface area contributed by atoms with E-state index < -0.39 is 0 Å². The van der Waals surface area contributed by atoms with Gasteiger partial charge in [-0.1, -0.05) is 20.4 Å². The summed E-state index contributed by atoms with van der Waals surface area (Å²) >= 11 is 1.89. The molecule has 0 aromatic heterocycles. The van der Waals surface area contributed by atoms with Crippen molar-refractivity contribution in [2.45, 2.75) is 51.8 Å². The molecule has 0 unspecified atom stereocenters. The monoisotopic (exact) mass is 241 g/mol. The maximum atomic E-state index is 4.20. The third-order valence-corrected chi connectivity index (χ3v) is 4.22. The third kappa shape index (κ3) is 4.65. The number of hydrogen-bond donors (Lipinski definition) is 0. The molecule has 1 atom stereocenters. The van der Waals surface area contributed by atoms with Crippen LogP contribution in [0.4, 0.5) is 0 Å². The fourth-order valence-corrected chi connectivity index (χ4v) is 2.38. The predicted octanol–water partition coefficient (Wildman–Crippen LogP) is 4.32. The minimum absolute atomic E-state index is 0.549. The zero-order chi connectivity index (χ0) is 12.7. The Balaban J connectivity index is 4.75. The Bertz CT molecular complexity index is 239. The Kier molecular flexibility index (Phi) is 7.65. The fourth-order valence-electron chi connectivity index (χ4n) is 1.67. The quantitative estimate of drug-likeness (QED) is 0.611. The molecule has 0 rings (SSSR count). The van der Waals surface area contributed by atoms with Gasteiger partial charge in [0.05, 0.1) is 0 Å². The van der Waals surface area contributed by atoms with Crippen LogP contribution in [0.2, 0.25) is 0 Å². The summed E-state index contributed by atoms with van der Waals surface area (Å²) in [4.78, 5) is 2.33. The van der Waals surface area contributed by atoms with Crippen molar-refractivity contribution in [1.29, 1.82) is 0 Å². The lowest BCUT2D eigenvalue weighted by atomic mass is 10.1. The highest BCUT2D eigenvalue weighted by molar-refractivity contribution is 7.99. The van der Waals surface area contributed by atoms with E-state index in [1.807, 2.05) is 11.8 Å². The molecule has 0 saturated carbocycles. The van der Waals surface area contributed by atoms with Crippen molar-refractivity contribution in [2.24, 2.45) is 0 Å². The van der Waals surface area contributed by atoms with Crippen LogP contribution < -0.4 is 0 Å². The van der Waals surface area contributed by atoms with E-state index in [2.05, 4.69) is 58.6 Å². The molecule has 0 bridgehead atoms. The van der Waals surface area contributed by atoms with Crippen molar-refractivity contribution in [3.8, 4) is 0 Å². The molecule has 0 fully saturated rings. The van der Waals surface area contributed by atoms with E-state index in [4.69, 9.17) is 0 Å². The SMILES string of the molecule is C=C(/C=C(/CC)N(C)C(C)C)[C@@H](CC)SC. The number of thioether (sulfide) groups is 1. The summed E-state index contributed by atoms with van der Waals surface area (Å²) in [7, 11) is 2.16. The van der Waals surface area contributed by atoms with Crippen LogP contribution in [0.15, 0.2) is 23.9 Å². The van der Waals surface area contributed by atoms with Crippen LogP contribution in [-0.4, -0.2) is 29.5 Å². The van der Waals surface area contributed by atoms with E-state index in [0.29, 0.717) is 11.3 Å². The van der Waals surface area contributed by atoms with Gasteiger partial charge >= 0.3 is 0 Å². The molecule has 0 radical (unpaired) electrons. The van der Waals surface area contributed by atoms with Crippen molar-refractivity contribution in [1.82, 2.24) is 4.90 Å². The molecule has 0 aromatic carbocycles. The van der Waals surface area contributed by atoms with Gasteiger partial charge in [0.15, 0.2) is 0 Å². The van der Waals surface area contributed by atoms with Crippen molar-refractivity contribution in [2.75, 3.05) is 13.3 Å². The lowest BCUT2D eigenvalue weighted by Gasteiger charge is -2.27. The van der Waals surface area contributed by atoms with Crippen molar-refractivity contribution >= 4 is 11.8 Å². The van der Waals surface area contributed by atoms with Crippen molar-refractivity contribution in [3.63, 3.8) is 0 Å². The summed E-state index contributed by atoms with van der Waals surface area (Å²) < 4.78 is 0. The molecule has 0 aliphatic rings. The highest BCUT2D eigenvalue weighted by Crippen LogP contribution is 2.22. The van der Waals surface area contributed by atoms with Gasteiger partial charge in [-0.2, -0.15) is 11.8 Å². The first-order chi connectivity index (χ1) is 7.47. The van der Waals surface area contributed by atoms with E-state index in [1.165, 1.54) is 11.3 Å². The van der Waals surface area contributed by atoms with Gasteiger partial charge < -0.3 is 4.90 Å². The van der Waals surface area contributed by atoms with E-state index >= 15 is 0 Å². The molecule has 16 heavy (non-hydrogen) atoms. The second-order valence-electron chi connectivity index (χ2n) is 4.40. The Morgan fingerprint density at radius 3 is 2.25 bits per heavy atom. The zero-order valence-electron chi connectivity index (χ0n) is 11.7. The van der Waals surface area contributed by atoms with Crippen LogP contribution in [0.5, 0.6) is 0 Å². The average Bonchev–Trinajstić information content (AvgIpc) is 2.26.